The SMILES string of the molecule is CCc1noc(C)c1NS(=O)(=O)c1c(C)nn(CC(C)C)c1C. The van der Waals surface area contributed by atoms with E-state index in [1.807, 2.05) is 6.92 Å². The molecule has 0 atom stereocenters. The van der Waals surface area contributed by atoms with Crippen LogP contribution in [-0.4, -0.2) is 23.4 Å². The van der Waals surface area contributed by atoms with E-state index in [1.165, 1.54) is 0 Å². The molecule has 128 valence electrons. The van der Waals surface area contributed by atoms with Gasteiger partial charge in [0.15, 0.2) is 5.76 Å². The van der Waals surface area contributed by atoms with Gasteiger partial charge in [0.05, 0.1) is 11.4 Å². The second-order valence-corrected chi connectivity index (χ2v) is 7.71. The van der Waals surface area contributed by atoms with Gasteiger partial charge in [-0.2, -0.15) is 5.10 Å². The summed E-state index contributed by atoms with van der Waals surface area (Å²) in [6, 6.07) is 0. The molecule has 0 aliphatic carbocycles. The lowest BCUT2D eigenvalue weighted by Crippen LogP contribution is -2.16. The van der Waals surface area contributed by atoms with Gasteiger partial charge in [-0.15, -0.1) is 0 Å². The Morgan fingerprint density at radius 3 is 2.48 bits per heavy atom. The van der Waals surface area contributed by atoms with Crippen molar-refractivity contribution in [2.75, 3.05) is 4.72 Å². The summed E-state index contributed by atoms with van der Waals surface area (Å²) in [4.78, 5) is 0.223. The number of hydrogen-bond donors (Lipinski definition) is 1. The van der Waals surface area contributed by atoms with Crippen molar-refractivity contribution in [3.05, 3.63) is 22.8 Å². The summed E-state index contributed by atoms with van der Waals surface area (Å²) in [5.41, 5.74) is 2.14. The first-order valence-corrected chi connectivity index (χ1v) is 9.17. The van der Waals surface area contributed by atoms with Crippen molar-refractivity contribution in [2.24, 2.45) is 5.92 Å². The third-order valence-electron chi connectivity index (χ3n) is 3.63. The maximum absolute atomic E-state index is 12.8. The van der Waals surface area contributed by atoms with E-state index in [4.69, 9.17) is 4.52 Å². The maximum atomic E-state index is 12.8. The van der Waals surface area contributed by atoms with Crippen LogP contribution < -0.4 is 4.72 Å². The average molecular weight is 340 g/mol. The molecule has 0 fully saturated rings. The second-order valence-electron chi connectivity index (χ2n) is 6.10. The Bertz CT molecular complexity index is 803. The molecule has 7 nitrogen and oxygen atoms in total. The van der Waals surface area contributed by atoms with E-state index in [2.05, 4.69) is 28.8 Å². The molecular weight excluding hydrogens is 316 g/mol. The summed E-state index contributed by atoms with van der Waals surface area (Å²) in [5.74, 6) is 0.832. The molecule has 0 aromatic carbocycles. The second kappa shape index (κ2) is 6.35. The van der Waals surface area contributed by atoms with Gasteiger partial charge in [0, 0.05) is 6.54 Å². The van der Waals surface area contributed by atoms with Crippen molar-refractivity contribution in [3.8, 4) is 0 Å². The normalized spacial score (nSPS) is 12.1. The Labute approximate surface area is 137 Å². The molecule has 1 N–H and O–H groups in total. The van der Waals surface area contributed by atoms with Gasteiger partial charge in [-0.3, -0.25) is 9.40 Å². The van der Waals surface area contributed by atoms with E-state index in [-0.39, 0.29) is 4.90 Å². The highest BCUT2D eigenvalue weighted by Gasteiger charge is 2.27. The highest BCUT2D eigenvalue weighted by molar-refractivity contribution is 7.92. The smallest absolute Gasteiger partial charge is 0.265 e. The number of aryl methyl sites for hydroxylation is 3. The molecule has 8 heteroatoms. The average Bonchev–Trinajstić information content (AvgIpc) is 2.90. The van der Waals surface area contributed by atoms with Crippen molar-refractivity contribution < 1.29 is 12.9 Å². The van der Waals surface area contributed by atoms with Gasteiger partial charge < -0.3 is 4.52 Å². The fraction of sp³-hybridized carbons (Fsp3) is 0.600. The van der Waals surface area contributed by atoms with Crippen LogP contribution in [0.25, 0.3) is 0 Å². The number of nitrogens with zero attached hydrogens (tertiary/aromatic N) is 3. The molecule has 0 unspecified atom stereocenters. The molecule has 0 aliphatic heterocycles. The fourth-order valence-corrected chi connectivity index (χ4v) is 4.12. The quantitative estimate of drug-likeness (QED) is 0.873. The molecule has 2 aromatic rings. The predicted molar refractivity (Wildman–Crippen MR) is 88.0 cm³/mol. The lowest BCUT2D eigenvalue weighted by molar-refractivity contribution is 0.391. The summed E-state index contributed by atoms with van der Waals surface area (Å²) in [6.45, 7) is 11.9. The molecular formula is C15H24N4O3S. The van der Waals surface area contributed by atoms with E-state index in [1.54, 1.807) is 25.5 Å². The minimum atomic E-state index is -3.75. The molecule has 0 amide bonds. The molecule has 0 saturated heterocycles. The van der Waals surface area contributed by atoms with Gasteiger partial charge in [-0.1, -0.05) is 25.9 Å². The molecule has 2 rings (SSSR count). The van der Waals surface area contributed by atoms with Crippen LogP contribution in [0.15, 0.2) is 9.42 Å². The van der Waals surface area contributed by atoms with Gasteiger partial charge in [0.2, 0.25) is 0 Å². The Kier molecular flexibility index (Phi) is 4.84. The number of anilines is 1. The van der Waals surface area contributed by atoms with E-state index >= 15 is 0 Å². The first-order chi connectivity index (χ1) is 10.7. The number of sulfonamides is 1. The van der Waals surface area contributed by atoms with Gasteiger partial charge in [-0.05, 0) is 33.1 Å². The maximum Gasteiger partial charge on any atom is 0.265 e. The highest BCUT2D eigenvalue weighted by atomic mass is 32.2. The van der Waals surface area contributed by atoms with Crippen LogP contribution in [0.2, 0.25) is 0 Å². The zero-order chi connectivity index (χ0) is 17.4. The third-order valence-corrected chi connectivity index (χ3v) is 5.23. The van der Waals surface area contributed by atoms with Crippen molar-refractivity contribution in [2.45, 2.75) is 59.4 Å². The van der Waals surface area contributed by atoms with Crippen molar-refractivity contribution in [1.29, 1.82) is 0 Å². The molecule has 0 aliphatic rings. The Morgan fingerprint density at radius 1 is 1.26 bits per heavy atom. The molecule has 0 radical (unpaired) electrons. The van der Waals surface area contributed by atoms with Gasteiger partial charge in [0.1, 0.15) is 16.3 Å². The van der Waals surface area contributed by atoms with Crippen LogP contribution in [0.5, 0.6) is 0 Å². The van der Waals surface area contributed by atoms with Crippen LogP contribution in [-0.2, 0) is 23.0 Å². The first kappa shape index (κ1) is 17.5. The molecule has 0 spiro atoms. The summed E-state index contributed by atoms with van der Waals surface area (Å²) < 4.78 is 35.1. The van der Waals surface area contributed by atoms with Crippen molar-refractivity contribution >= 4 is 15.7 Å². The first-order valence-electron chi connectivity index (χ1n) is 7.69. The van der Waals surface area contributed by atoms with Crippen molar-refractivity contribution in [3.63, 3.8) is 0 Å². The minimum absolute atomic E-state index is 0.223. The molecule has 2 heterocycles. The topological polar surface area (TPSA) is 90.0 Å². The fourth-order valence-electron chi connectivity index (χ4n) is 2.57. The van der Waals surface area contributed by atoms with Gasteiger partial charge in [-0.25, -0.2) is 8.42 Å². The number of hydrogen-bond acceptors (Lipinski definition) is 5. The summed E-state index contributed by atoms with van der Waals surface area (Å²) >= 11 is 0. The zero-order valence-electron chi connectivity index (χ0n) is 14.5. The summed E-state index contributed by atoms with van der Waals surface area (Å²) in [7, 11) is -3.75. The van der Waals surface area contributed by atoms with Crippen LogP contribution in [0, 0.1) is 26.7 Å². The summed E-state index contributed by atoms with van der Waals surface area (Å²) in [6.07, 6.45) is 0.583. The molecule has 0 saturated carbocycles. The van der Waals surface area contributed by atoms with Gasteiger partial charge in [0.25, 0.3) is 10.0 Å². The number of nitrogens with one attached hydrogen (secondary N) is 1. The van der Waals surface area contributed by atoms with Gasteiger partial charge >= 0.3 is 0 Å². The predicted octanol–water partition coefficient (Wildman–Crippen LogP) is 2.82. The Morgan fingerprint density at radius 2 is 1.91 bits per heavy atom. The van der Waals surface area contributed by atoms with E-state index in [0.717, 1.165) is 0 Å². The Balaban J connectivity index is 2.44. The zero-order valence-corrected chi connectivity index (χ0v) is 15.3. The van der Waals surface area contributed by atoms with E-state index in [0.29, 0.717) is 47.4 Å². The van der Waals surface area contributed by atoms with Crippen LogP contribution >= 0.6 is 0 Å². The standard InChI is InChI=1S/C15H24N4O3S/c1-7-13-14(12(6)22-17-13)18-23(20,21)15-10(4)16-19(11(15)5)8-9(2)3/h9,18H,7-8H2,1-6H3. The third kappa shape index (κ3) is 3.41. The largest absolute Gasteiger partial charge is 0.359 e. The lowest BCUT2D eigenvalue weighted by Gasteiger charge is -2.10. The highest BCUT2D eigenvalue weighted by Crippen LogP contribution is 2.27. The van der Waals surface area contributed by atoms with Crippen molar-refractivity contribution in [1.82, 2.24) is 14.9 Å². The van der Waals surface area contributed by atoms with E-state index in [9.17, 15) is 8.42 Å². The molecule has 23 heavy (non-hydrogen) atoms. The lowest BCUT2D eigenvalue weighted by atomic mass is 10.2. The number of aromatic nitrogens is 3. The van der Waals surface area contributed by atoms with Crippen LogP contribution in [0.1, 0.15) is 43.6 Å². The van der Waals surface area contributed by atoms with Crippen LogP contribution in [0.4, 0.5) is 5.69 Å². The van der Waals surface area contributed by atoms with E-state index < -0.39 is 10.0 Å². The molecule has 2 aromatic heterocycles. The summed E-state index contributed by atoms with van der Waals surface area (Å²) in [5, 5.41) is 8.25. The number of rotatable bonds is 6. The van der Waals surface area contributed by atoms with Crippen LogP contribution in [0.3, 0.4) is 0 Å². The monoisotopic (exact) mass is 340 g/mol. The minimum Gasteiger partial charge on any atom is -0.359 e. The molecule has 0 bridgehead atoms. The Hall–Kier alpha value is -1.83.